The fourth-order valence-corrected chi connectivity index (χ4v) is 3.13. The lowest BCUT2D eigenvalue weighted by molar-refractivity contribution is 0.279. The number of nitrogens with one attached hydrogen (secondary N) is 1. The first-order valence-electron chi connectivity index (χ1n) is 9.24. The number of rotatable bonds is 11. The van der Waals surface area contributed by atoms with E-state index in [1.807, 2.05) is 24.3 Å². The Morgan fingerprint density at radius 3 is 2.48 bits per heavy atom. The van der Waals surface area contributed by atoms with E-state index in [1.165, 1.54) is 0 Å². The number of halogens is 2. The molecule has 2 aromatic carbocycles. The zero-order chi connectivity index (χ0) is 19.6. The first kappa shape index (κ1) is 21.8. The molecule has 0 heterocycles. The third-order valence-electron chi connectivity index (χ3n) is 4.46. The van der Waals surface area contributed by atoms with Gasteiger partial charge in [-0.3, -0.25) is 0 Å². The molecule has 0 saturated heterocycles. The van der Waals surface area contributed by atoms with Gasteiger partial charge in [-0.1, -0.05) is 55.2 Å². The van der Waals surface area contributed by atoms with E-state index in [4.69, 9.17) is 32.7 Å². The van der Waals surface area contributed by atoms with Crippen LogP contribution in [0.1, 0.15) is 25.0 Å². The number of nitrogens with zero attached hydrogens (tertiary/aromatic N) is 1. The van der Waals surface area contributed by atoms with Crippen LogP contribution in [-0.2, 0) is 13.2 Å². The van der Waals surface area contributed by atoms with Crippen LogP contribution >= 0.6 is 23.2 Å². The van der Waals surface area contributed by atoms with Crippen molar-refractivity contribution in [3.8, 4) is 11.5 Å². The van der Waals surface area contributed by atoms with Crippen LogP contribution < -0.4 is 14.8 Å². The minimum Gasteiger partial charge on any atom is -0.493 e. The van der Waals surface area contributed by atoms with Crippen molar-refractivity contribution in [1.29, 1.82) is 0 Å². The molecule has 2 aromatic rings. The van der Waals surface area contributed by atoms with Crippen LogP contribution in [0, 0.1) is 0 Å². The van der Waals surface area contributed by atoms with E-state index in [1.54, 1.807) is 13.2 Å². The standard InChI is InChI=1S/C21H28Cl2N2O2/c1-4-25(5-2)12-11-24-14-17-7-6-8-20(26-3)21(17)27-15-16-9-10-18(22)19(23)13-16/h6-10,13,24H,4-5,11-12,14-15H2,1-3H3. The van der Waals surface area contributed by atoms with E-state index in [-0.39, 0.29) is 0 Å². The fourth-order valence-electron chi connectivity index (χ4n) is 2.81. The maximum atomic E-state index is 6.09. The number of hydrogen-bond donors (Lipinski definition) is 1. The molecule has 27 heavy (non-hydrogen) atoms. The predicted molar refractivity (Wildman–Crippen MR) is 113 cm³/mol. The van der Waals surface area contributed by atoms with Crippen molar-refractivity contribution < 1.29 is 9.47 Å². The molecule has 0 aliphatic rings. The largest absolute Gasteiger partial charge is 0.493 e. The van der Waals surface area contributed by atoms with Crippen LogP contribution in [0.25, 0.3) is 0 Å². The Hall–Kier alpha value is -1.46. The van der Waals surface area contributed by atoms with Crippen molar-refractivity contribution in [2.45, 2.75) is 27.0 Å². The molecular formula is C21H28Cl2N2O2. The molecule has 0 fully saturated rings. The van der Waals surface area contributed by atoms with E-state index in [9.17, 15) is 0 Å². The summed E-state index contributed by atoms with van der Waals surface area (Å²) in [5, 5.41) is 4.55. The van der Waals surface area contributed by atoms with Crippen molar-refractivity contribution in [2.24, 2.45) is 0 Å². The third-order valence-corrected chi connectivity index (χ3v) is 5.20. The molecular weight excluding hydrogens is 383 g/mol. The molecule has 6 heteroatoms. The maximum absolute atomic E-state index is 6.09. The minimum atomic E-state index is 0.393. The van der Waals surface area contributed by atoms with Gasteiger partial charge in [0.25, 0.3) is 0 Å². The highest BCUT2D eigenvalue weighted by atomic mass is 35.5. The van der Waals surface area contributed by atoms with Gasteiger partial charge < -0.3 is 19.7 Å². The molecule has 0 radical (unpaired) electrons. The molecule has 0 aliphatic carbocycles. The molecule has 2 rings (SSSR count). The van der Waals surface area contributed by atoms with Gasteiger partial charge in [0, 0.05) is 25.2 Å². The van der Waals surface area contributed by atoms with Gasteiger partial charge in [-0.25, -0.2) is 0 Å². The summed E-state index contributed by atoms with van der Waals surface area (Å²) in [4.78, 5) is 2.39. The van der Waals surface area contributed by atoms with Crippen LogP contribution in [0.3, 0.4) is 0 Å². The maximum Gasteiger partial charge on any atom is 0.166 e. The quantitative estimate of drug-likeness (QED) is 0.527. The van der Waals surface area contributed by atoms with Crippen molar-refractivity contribution in [3.05, 3.63) is 57.6 Å². The summed E-state index contributed by atoms with van der Waals surface area (Å²) in [7, 11) is 1.65. The highest BCUT2D eigenvalue weighted by molar-refractivity contribution is 6.42. The summed E-state index contributed by atoms with van der Waals surface area (Å²) in [6, 6.07) is 11.4. The second-order valence-corrected chi connectivity index (χ2v) is 7.00. The van der Waals surface area contributed by atoms with E-state index >= 15 is 0 Å². The molecule has 0 atom stereocenters. The zero-order valence-electron chi connectivity index (χ0n) is 16.2. The highest BCUT2D eigenvalue weighted by Gasteiger charge is 2.11. The first-order chi connectivity index (χ1) is 13.1. The highest BCUT2D eigenvalue weighted by Crippen LogP contribution is 2.32. The van der Waals surface area contributed by atoms with E-state index in [0.29, 0.717) is 16.7 Å². The van der Waals surface area contributed by atoms with Gasteiger partial charge in [0.05, 0.1) is 17.2 Å². The lowest BCUT2D eigenvalue weighted by Gasteiger charge is -2.19. The number of methoxy groups -OCH3 is 1. The van der Waals surface area contributed by atoms with Gasteiger partial charge in [0.1, 0.15) is 6.61 Å². The fraction of sp³-hybridized carbons (Fsp3) is 0.429. The molecule has 0 amide bonds. The Morgan fingerprint density at radius 1 is 1.04 bits per heavy atom. The first-order valence-corrected chi connectivity index (χ1v) is 10.00. The number of ether oxygens (including phenoxy) is 2. The van der Waals surface area contributed by atoms with Crippen molar-refractivity contribution in [2.75, 3.05) is 33.3 Å². The van der Waals surface area contributed by atoms with Crippen LogP contribution in [0.4, 0.5) is 0 Å². The summed E-state index contributed by atoms with van der Waals surface area (Å²) in [6.45, 7) is 9.55. The minimum absolute atomic E-state index is 0.393. The molecule has 148 valence electrons. The van der Waals surface area contributed by atoms with Gasteiger partial charge in [0.15, 0.2) is 11.5 Å². The Kier molecular flexibility index (Phi) is 9.22. The second kappa shape index (κ2) is 11.4. The van der Waals surface area contributed by atoms with Crippen LogP contribution in [-0.4, -0.2) is 38.2 Å². The Balaban J connectivity index is 2.02. The van der Waals surface area contributed by atoms with Crippen LogP contribution in [0.2, 0.25) is 10.0 Å². The molecule has 0 unspecified atom stereocenters. The summed E-state index contributed by atoms with van der Waals surface area (Å²) in [5.74, 6) is 1.47. The van der Waals surface area contributed by atoms with Gasteiger partial charge in [-0.15, -0.1) is 0 Å². The molecule has 4 nitrogen and oxygen atoms in total. The van der Waals surface area contributed by atoms with Gasteiger partial charge in [0.2, 0.25) is 0 Å². The monoisotopic (exact) mass is 410 g/mol. The van der Waals surface area contributed by atoms with Gasteiger partial charge in [-0.2, -0.15) is 0 Å². The lowest BCUT2D eigenvalue weighted by atomic mass is 10.1. The number of likely N-dealkylation sites (N-methyl/N-ethyl adjacent to an activating group) is 1. The molecule has 0 spiro atoms. The van der Waals surface area contributed by atoms with Crippen LogP contribution in [0.15, 0.2) is 36.4 Å². The average molecular weight is 411 g/mol. The molecule has 0 bridgehead atoms. The summed E-state index contributed by atoms with van der Waals surface area (Å²) < 4.78 is 11.6. The van der Waals surface area contributed by atoms with E-state index < -0.39 is 0 Å². The Bertz CT molecular complexity index is 721. The van der Waals surface area contributed by atoms with E-state index in [0.717, 1.165) is 55.3 Å². The third kappa shape index (κ3) is 6.58. The Labute approximate surface area is 172 Å². The molecule has 0 aromatic heterocycles. The van der Waals surface area contributed by atoms with E-state index in [2.05, 4.69) is 30.1 Å². The average Bonchev–Trinajstić information content (AvgIpc) is 2.69. The summed E-state index contributed by atoms with van der Waals surface area (Å²) in [6.07, 6.45) is 0. The van der Waals surface area contributed by atoms with Gasteiger partial charge in [-0.05, 0) is 36.9 Å². The number of hydrogen-bond acceptors (Lipinski definition) is 4. The van der Waals surface area contributed by atoms with Crippen LogP contribution in [0.5, 0.6) is 11.5 Å². The molecule has 1 N–H and O–H groups in total. The number of benzene rings is 2. The molecule has 0 aliphatic heterocycles. The van der Waals surface area contributed by atoms with Crippen molar-refractivity contribution in [1.82, 2.24) is 10.2 Å². The molecule has 0 saturated carbocycles. The second-order valence-electron chi connectivity index (χ2n) is 6.19. The van der Waals surface area contributed by atoms with Gasteiger partial charge >= 0.3 is 0 Å². The smallest absolute Gasteiger partial charge is 0.166 e. The Morgan fingerprint density at radius 2 is 1.81 bits per heavy atom. The summed E-state index contributed by atoms with van der Waals surface area (Å²) >= 11 is 12.1. The normalized spacial score (nSPS) is 11.0. The summed E-state index contributed by atoms with van der Waals surface area (Å²) in [5.41, 5.74) is 2.02. The van der Waals surface area contributed by atoms with Crippen molar-refractivity contribution >= 4 is 23.2 Å². The lowest BCUT2D eigenvalue weighted by Crippen LogP contribution is -2.31. The SMILES string of the molecule is CCN(CC)CCNCc1cccc(OC)c1OCc1ccc(Cl)c(Cl)c1. The predicted octanol–water partition coefficient (Wildman–Crippen LogP) is 5.01. The van der Waals surface area contributed by atoms with Crippen molar-refractivity contribution in [3.63, 3.8) is 0 Å². The zero-order valence-corrected chi connectivity index (χ0v) is 17.7. The number of para-hydroxylation sites is 1. The topological polar surface area (TPSA) is 33.7 Å².